The maximum absolute atomic E-state index is 13.0. The summed E-state index contributed by atoms with van der Waals surface area (Å²) in [6.07, 6.45) is 0.419. The average Bonchev–Trinajstić information content (AvgIpc) is 2.78. The first-order valence-electron chi connectivity index (χ1n) is 9.92. The van der Waals surface area contributed by atoms with E-state index < -0.39 is 0 Å². The van der Waals surface area contributed by atoms with Gasteiger partial charge < -0.3 is 20.4 Å². The standard InChI is InChI=1S/C22H28FN5O/c1-24-22(26-17-18-7-9-19(23)10-8-18)25-12-11-21(29)28-15-13-27(14-16-28)20-5-3-2-4-6-20/h2-10H,11-17H2,1H3,(H2,24,25,26). The number of amides is 1. The lowest BCUT2D eigenvalue weighted by Gasteiger charge is -2.36. The average molecular weight is 397 g/mol. The minimum Gasteiger partial charge on any atom is -0.368 e. The molecule has 2 N–H and O–H groups in total. The molecular formula is C22H28FN5O. The molecule has 1 saturated heterocycles. The molecule has 0 saturated carbocycles. The number of nitrogens with one attached hydrogen (secondary N) is 2. The van der Waals surface area contributed by atoms with Gasteiger partial charge in [0, 0.05) is 58.4 Å². The maximum Gasteiger partial charge on any atom is 0.224 e. The van der Waals surface area contributed by atoms with Crippen LogP contribution >= 0.6 is 0 Å². The molecule has 1 fully saturated rings. The number of nitrogens with zero attached hydrogens (tertiary/aromatic N) is 3. The van der Waals surface area contributed by atoms with E-state index in [1.54, 1.807) is 19.2 Å². The summed E-state index contributed by atoms with van der Waals surface area (Å²) in [6.45, 7) is 4.24. The van der Waals surface area contributed by atoms with Gasteiger partial charge in [-0.3, -0.25) is 9.79 Å². The minimum absolute atomic E-state index is 0.152. The molecule has 1 amide bonds. The number of rotatable bonds is 6. The molecule has 3 rings (SSSR count). The van der Waals surface area contributed by atoms with Gasteiger partial charge in [0.05, 0.1) is 0 Å². The fourth-order valence-corrected chi connectivity index (χ4v) is 3.31. The van der Waals surface area contributed by atoms with Gasteiger partial charge >= 0.3 is 0 Å². The number of hydrogen-bond donors (Lipinski definition) is 2. The van der Waals surface area contributed by atoms with Crippen LogP contribution in [0.15, 0.2) is 59.6 Å². The number of carbonyl (C=O) groups is 1. The van der Waals surface area contributed by atoms with E-state index in [4.69, 9.17) is 0 Å². The van der Waals surface area contributed by atoms with Crippen molar-refractivity contribution in [2.75, 3.05) is 44.7 Å². The zero-order valence-corrected chi connectivity index (χ0v) is 16.8. The third-order valence-electron chi connectivity index (χ3n) is 4.98. The van der Waals surface area contributed by atoms with E-state index in [1.807, 2.05) is 23.1 Å². The first kappa shape index (κ1) is 20.6. The van der Waals surface area contributed by atoms with Crippen LogP contribution in [0.4, 0.5) is 10.1 Å². The fraction of sp³-hybridized carbons (Fsp3) is 0.364. The van der Waals surface area contributed by atoms with Gasteiger partial charge in [-0.15, -0.1) is 0 Å². The van der Waals surface area contributed by atoms with E-state index >= 15 is 0 Å². The van der Waals surface area contributed by atoms with Crippen molar-refractivity contribution in [3.05, 3.63) is 66.0 Å². The molecule has 0 unspecified atom stereocenters. The van der Waals surface area contributed by atoms with E-state index in [2.05, 4.69) is 32.7 Å². The molecule has 29 heavy (non-hydrogen) atoms. The summed E-state index contributed by atoms with van der Waals surface area (Å²) in [5.41, 5.74) is 2.17. The number of guanidine groups is 1. The van der Waals surface area contributed by atoms with Crippen LogP contribution < -0.4 is 15.5 Å². The Morgan fingerprint density at radius 3 is 2.34 bits per heavy atom. The number of piperazine rings is 1. The minimum atomic E-state index is -0.251. The van der Waals surface area contributed by atoms with Crippen LogP contribution in [0.25, 0.3) is 0 Å². The molecule has 154 valence electrons. The van der Waals surface area contributed by atoms with Crippen molar-refractivity contribution < 1.29 is 9.18 Å². The van der Waals surface area contributed by atoms with Gasteiger partial charge in [0.25, 0.3) is 0 Å². The zero-order valence-electron chi connectivity index (χ0n) is 16.8. The summed E-state index contributed by atoms with van der Waals surface area (Å²) in [6, 6.07) is 16.6. The topological polar surface area (TPSA) is 60.0 Å². The van der Waals surface area contributed by atoms with Gasteiger partial charge in [-0.2, -0.15) is 0 Å². The third-order valence-corrected chi connectivity index (χ3v) is 4.98. The Morgan fingerprint density at radius 1 is 1.00 bits per heavy atom. The third kappa shape index (κ3) is 6.20. The van der Waals surface area contributed by atoms with Crippen molar-refractivity contribution in [2.45, 2.75) is 13.0 Å². The van der Waals surface area contributed by atoms with Crippen molar-refractivity contribution in [1.29, 1.82) is 0 Å². The van der Waals surface area contributed by atoms with E-state index in [-0.39, 0.29) is 11.7 Å². The van der Waals surface area contributed by atoms with E-state index in [9.17, 15) is 9.18 Å². The summed E-state index contributed by atoms with van der Waals surface area (Å²) < 4.78 is 13.0. The highest BCUT2D eigenvalue weighted by molar-refractivity contribution is 5.81. The Hall–Kier alpha value is -3.09. The van der Waals surface area contributed by atoms with Gasteiger partial charge in [0.15, 0.2) is 5.96 Å². The van der Waals surface area contributed by atoms with Crippen molar-refractivity contribution in [3.8, 4) is 0 Å². The molecule has 6 nitrogen and oxygen atoms in total. The number of para-hydroxylation sites is 1. The number of benzene rings is 2. The number of aliphatic imine (C=N–C) groups is 1. The number of hydrogen-bond acceptors (Lipinski definition) is 3. The van der Waals surface area contributed by atoms with Crippen molar-refractivity contribution in [2.24, 2.45) is 4.99 Å². The molecule has 0 aliphatic carbocycles. The van der Waals surface area contributed by atoms with E-state index in [0.29, 0.717) is 25.5 Å². The Balaban J connectivity index is 1.36. The Morgan fingerprint density at radius 2 is 1.69 bits per heavy atom. The van der Waals surface area contributed by atoms with E-state index in [0.717, 1.165) is 31.7 Å². The SMILES string of the molecule is CN=C(NCCC(=O)N1CCN(c2ccccc2)CC1)NCc1ccc(F)cc1. The van der Waals surface area contributed by atoms with Crippen LogP contribution in [0.1, 0.15) is 12.0 Å². The van der Waals surface area contributed by atoms with Crippen molar-refractivity contribution >= 4 is 17.6 Å². The lowest BCUT2D eigenvalue weighted by molar-refractivity contribution is -0.131. The molecule has 0 aromatic heterocycles. The molecule has 1 aliphatic heterocycles. The highest BCUT2D eigenvalue weighted by atomic mass is 19.1. The molecule has 1 heterocycles. The monoisotopic (exact) mass is 397 g/mol. The molecule has 2 aromatic carbocycles. The zero-order chi connectivity index (χ0) is 20.5. The highest BCUT2D eigenvalue weighted by Crippen LogP contribution is 2.15. The predicted octanol–water partition coefficient (Wildman–Crippen LogP) is 2.23. The second kappa shape index (κ2) is 10.5. The highest BCUT2D eigenvalue weighted by Gasteiger charge is 2.20. The largest absolute Gasteiger partial charge is 0.368 e. The number of halogens is 1. The van der Waals surface area contributed by atoms with Gasteiger partial charge in [0.2, 0.25) is 5.91 Å². The van der Waals surface area contributed by atoms with Crippen molar-refractivity contribution in [1.82, 2.24) is 15.5 Å². The summed E-state index contributed by atoms with van der Waals surface area (Å²) in [4.78, 5) is 20.9. The summed E-state index contributed by atoms with van der Waals surface area (Å²) in [7, 11) is 1.69. The molecule has 0 spiro atoms. The first-order valence-corrected chi connectivity index (χ1v) is 9.92. The van der Waals surface area contributed by atoms with Gasteiger partial charge in [-0.25, -0.2) is 4.39 Å². The molecule has 0 radical (unpaired) electrons. The fourth-order valence-electron chi connectivity index (χ4n) is 3.31. The lowest BCUT2D eigenvalue weighted by atomic mass is 10.2. The number of carbonyl (C=O) groups excluding carboxylic acids is 1. The quantitative estimate of drug-likeness (QED) is 0.580. The van der Waals surface area contributed by atoms with Gasteiger partial charge in [-0.1, -0.05) is 30.3 Å². The second-order valence-electron chi connectivity index (χ2n) is 6.93. The smallest absolute Gasteiger partial charge is 0.224 e. The number of anilines is 1. The van der Waals surface area contributed by atoms with Crippen LogP contribution in [0.2, 0.25) is 0 Å². The summed E-state index contributed by atoms with van der Waals surface area (Å²) in [5, 5.41) is 6.33. The molecule has 0 atom stereocenters. The van der Waals surface area contributed by atoms with Crippen LogP contribution in [0.5, 0.6) is 0 Å². The Labute approximate surface area is 171 Å². The van der Waals surface area contributed by atoms with Crippen molar-refractivity contribution in [3.63, 3.8) is 0 Å². The second-order valence-corrected chi connectivity index (χ2v) is 6.93. The summed E-state index contributed by atoms with van der Waals surface area (Å²) in [5.74, 6) is 0.523. The Bertz CT molecular complexity index is 802. The van der Waals surface area contributed by atoms with Crippen LogP contribution in [0, 0.1) is 5.82 Å². The van der Waals surface area contributed by atoms with Gasteiger partial charge in [-0.05, 0) is 29.8 Å². The summed E-state index contributed by atoms with van der Waals surface area (Å²) >= 11 is 0. The maximum atomic E-state index is 13.0. The Kier molecular flexibility index (Phi) is 7.44. The lowest BCUT2D eigenvalue weighted by Crippen LogP contribution is -2.49. The molecule has 1 aliphatic rings. The molecule has 7 heteroatoms. The van der Waals surface area contributed by atoms with Crippen LogP contribution in [0.3, 0.4) is 0 Å². The predicted molar refractivity (Wildman–Crippen MR) is 114 cm³/mol. The molecular weight excluding hydrogens is 369 g/mol. The molecule has 0 bridgehead atoms. The van der Waals surface area contributed by atoms with Gasteiger partial charge in [0.1, 0.15) is 5.82 Å². The molecule has 2 aromatic rings. The van der Waals surface area contributed by atoms with Crippen LogP contribution in [-0.4, -0.2) is 56.5 Å². The normalized spacial score (nSPS) is 14.6. The van der Waals surface area contributed by atoms with Crippen LogP contribution in [-0.2, 0) is 11.3 Å². The van der Waals surface area contributed by atoms with E-state index in [1.165, 1.54) is 17.8 Å². The first-order chi connectivity index (χ1) is 14.2.